The van der Waals surface area contributed by atoms with Crippen molar-refractivity contribution in [2.45, 2.75) is 26.2 Å². The zero-order valence-corrected chi connectivity index (χ0v) is 19.5. The van der Waals surface area contributed by atoms with Gasteiger partial charge in [-0.1, -0.05) is 11.6 Å². The zero-order valence-electron chi connectivity index (χ0n) is 19.5. The van der Waals surface area contributed by atoms with E-state index in [1.807, 2.05) is 13.0 Å². The molecule has 10 heteroatoms. The molecule has 3 aliphatic rings. The summed E-state index contributed by atoms with van der Waals surface area (Å²) in [5, 5.41) is 10.8. The van der Waals surface area contributed by atoms with E-state index in [4.69, 9.17) is 4.74 Å². The van der Waals surface area contributed by atoms with Gasteiger partial charge in [0.25, 0.3) is 5.69 Å². The molecule has 0 unspecified atom stereocenters. The van der Waals surface area contributed by atoms with E-state index < -0.39 is 16.8 Å². The van der Waals surface area contributed by atoms with E-state index >= 15 is 0 Å². The van der Waals surface area contributed by atoms with Crippen LogP contribution in [0.1, 0.15) is 26.2 Å². The third-order valence-corrected chi connectivity index (χ3v) is 6.97. The summed E-state index contributed by atoms with van der Waals surface area (Å²) in [7, 11) is 0. The Labute approximate surface area is 206 Å². The van der Waals surface area contributed by atoms with E-state index in [0.29, 0.717) is 24.2 Å². The highest BCUT2D eigenvalue weighted by Crippen LogP contribution is 2.40. The Morgan fingerprint density at radius 1 is 0.944 bits per heavy atom. The zero-order chi connectivity index (χ0) is 25.6. The topological polar surface area (TPSA) is 127 Å². The van der Waals surface area contributed by atoms with Crippen molar-refractivity contribution in [1.29, 1.82) is 0 Å². The number of esters is 1. The number of fused-ring (bicyclic) bond motifs is 1. The second-order valence-electron chi connectivity index (χ2n) is 9.31. The number of benzene rings is 2. The monoisotopic (exact) mass is 489 g/mol. The molecule has 0 saturated carbocycles. The van der Waals surface area contributed by atoms with Gasteiger partial charge in [0.05, 0.1) is 28.4 Å². The minimum absolute atomic E-state index is 0.0408. The average Bonchev–Trinajstić information content (AvgIpc) is 3.37. The van der Waals surface area contributed by atoms with Crippen LogP contribution in [0, 0.1) is 27.9 Å². The van der Waals surface area contributed by atoms with Gasteiger partial charge in [-0.3, -0.25) is 34.2 Å². The first-order valence-electron chi connectivity index (χ1n) is 11.6. The Balaban J connectivity index is 1.23. The van der Waals surface area contributed by atoms with Gasteiger partial charge in [0, 0.05) is 30.8 Å². The van der Waals surface area contributed by atoms with Crippen LogP contribution in [0.3, 0.4) is 0 Å². The van der Waals surface area contributed by atoms with E-state index in [0.717, 1.165) is 5.57 Å². The number of ether oxygens (including phenoxy) is 1. The van der Waals surface area contributed by atoms with Crippen LogP contribution >= 0.6 is 0 Å². The maximum Gasteiger partial charge on any atom is 0.316 e. The third-order valence-electron chi connectivity index (χ3n) is 6.97. The molecule has 0 radical (unpaired) electrons. The number of anilines is 2. The van der Waals surface area contributed by atoms with Crippen LogP contribution in [-0.4, -0.2) is 35.2 Å². The van der Waals surface area contributed by atoms with Crippen LogP contribution in [0.25, 0.3) is 0 Å². The molecule has 3 atom stereocenters. The summed E-state index contributed by atoms with van der Waals surface area (Å²) in [6, 6.07) is 11.7. The molecule has 1 aliphatic carbocycles. The highest BCUT2D eigenvalue weighted by molar-refractivity contribution is 6.22. The van der Waals surface area contributed by atoms with Crippen molar-refractivity contribution < 1.29 is 28.8 Å². The summed E-state index contributed by atoms with van der Waals surface area (Å²) >= 11 is 0. The summed E-state index contributed by atoms with van der Waals surface area (Å²) in [6.45, 7) is 2.06. The van der Waals surface area contributed by atoms with Gasteiger partial charge in [-0.2, -0.15) is 0 Å². The van der Waals surface area contributed by atoms with Gasteiger partial charge in [-0.25, -0.2) is 0 Å². The van der Waals surface area contributed by atoms with Gasteiger partial charge in [0.1, 0.15) is 5.75 Å². The number of allylic oxidation sites excluding steroid dienone is 2. The van der Waals surface area contributed by atoms with Crippen LogP contribution in [0.4, 0.5) is 17.1 Å². The fourth-order valence-corrected chi connectivity index (χ4v) is 5.02. The fourth-order valence-electron chi connectivity index (χ4n) is 5.02. The minimum Gasteiger partial charge on any atom is -0.426 e. The molecule has 0 aromatic heterocycles. The average molecular weight is 489 g/mol. The lowest BCUT2D eigenvalue weighted by Gasteiger charge is -2.18. The minimum atomic E-state index is -0.701. The predicted molar refractivity (Wildman–Crippen MR) is 128 cm³/mol. The lowest BCUT2D eigenvalue weighted by Crippen LogP contribution is -2.30. The molecule has 184 valence electrons. The number of amides is 3. The largest absolute Gasteiger partial charge is 0.426 e. The van der Waals surface area contributed by atoms with E-state index in [2.05, 4.69) is 0 Å². The van der Waals surface area contributed by atoms with Crippen molar-refractivity contribution in [3.05, 3.63) is 70.3 Å². The molecule has 36 heavy (non-hydrogen) atoms. The molecule has 5 rings (SSSR count). The van der Waals surface area contributed by atoms with Gasteiger partial charge in [-0.05, 0) is 56.2 Å². The van der Waals surface area contributed by atoms with Gasteiger partial charge < -0.3 is 9.64 Å². The molecular weight excluding hydrogens is 466 g/mol. The van der Waals surface area contributed by atoms with Crippen LogP contribution in [0.2, 0.25) is 0 Å². The number of non-ortho nitro benzene ring substituents is 1. The summed E-state index contributed by atoms with van der Waals surface area (Å²) in [5.74, 6) is -2.42. The van der Waals surface area contributed by atoms with Gasteiger partial charge >= 0.3 is 5.97 Å². The van der Waals surface area contributed by atoms with Gasteiger partial charge in [-0.15, -0.1) is 0 Å². The van der Waals surface area contributed by atoms with Gasteiger partial charge in [0.2, 0.25) is 17.7 Å². The third kappa shape index (κ3) is 4.15. The van der Waals surface area contributed by atoms with Crippen molar-refractivity contribution in [2.75, 3.05) is 16.3 Å². The number of rotatable bonds is 5. The number of hydrogen-bond acceptors (Lipinski definition) is 7. The number of nitro benzene ring substituents is 1. The molecule has 0 N–H and O–H groups in total. The Morgan fingerprint density at radius 2 is 1.58 bits per heavy atom. The maximum absolute atomic E-state index is 12.9. The number of carbonyl (C=O) groups is 4. The Hall–Kier alpha value is -4.34. The lowest BCUT2D eigenvalue weighted by molar-refractivity contribution is -0.384. The van der Waals surface area contributed by atoms with Crippen LogP contribution in [0.15, 0.2) is 60.2 Å². The maximum atomic E-state index is 12.9. The SMILES string of the molecule is CC1=CC[C@@H]2C(=O)N(c3ccc(OC(=O)[C@H]4CC(=O)N(c5ccc([N+](=O)[O-])cc5)C4)cc3)C(=O)[C@H]2C1. The van der Waals surface area contributed by atoms with E-state index in [1.165, 1.54) is 46.2 Å². The van der Waals surface area contributed by atoms with E-state index in [-0.39, 0.29) is 54.0 Å². The fraction of sp³-hybridized carbons (Fsp3) is 0.308. The summed E-state index contributed by atoms with van der Waals surface area (Å²) in [4.78, 5) is 63.8. The summed E-state index contributed by atoms with van der Waals surface area (Å²) in [5.41, 5.74) is 1.92. The molecule has 2 saturated heterocycles. The Kier molecular flexibility index (Phi) is 5.87. The molecule has 2 heterocycles. The van der Waals surface area contributed by atoms with Crippen molar-refractivity contribution in [3.63, 3.8) is 0 Å². The quantitative estimate of drug-likeness (QED) is 0.157. The second-order valence-corrected chi connectivity index (χ2v) is 9.31. The van der Waals surface area contributed by atoms with Crippen LogP contribution in [-0.2, 0) is 19.2 Å². The summed E-state index contributed by atoms with van der Waals surface area (Å²) in [6.07, 6.45) is 3.11. The number of carbonyl (C=O) groups excluding carboxylic acids is 4. The first-order valence-corrected chi connectivity index (χ1v) is 11.6. The molecule has 2 aliphatic heterocycles. The molecule has 2 aromatic rings. The van der Waals surface area contributed by atoms with E-state index in [9.17, 15) is 29.3 Å². The second kappa shape index (κ2) is 9.03. The highest BCUT2D eigenvalue weighted by Gasteiger charge is 2.48. The summed E-state index contributed by atoms with van der Waals surface area (Å²) < 4.78 is 5.46. The molecule has 2 fully saturated rings. The molecule has 0 spiro atoms. The molecule has 10 nitrogen and oxygen atoms in total. The normalized spacial score (nSPS) is 23.5. The number of nitro groups is 1. The molecular formula is C26H23N3O7. The van der Waals surface area contributed by atoms with Crippen molar-refractivity contribution >= 4 is 40.8 Å². The van der Waals surface area contributed by atoms with Crippen molar-refractivity contribution in [1.82, 2.24) is 0 Å². The number of nitrogens with zero attached hydrogens (tertiary/aromatic N) is 3. The molecule has 0 bridgehead atoms. The standard InChI is InChI=1S/C26H23N3O7/c1-15-2-11-21-22(12-15)25(32)28(24(21)31)18-7-9-20(10-8-18)36-26(33)16-13-23(30)27(14-16)17-3-5-19(6-4-17)29(34)35/h2-10,16,21-22H,11-14H2,1H3/t16-,21-,22-/m0/s1. The van der Waals surface area contributed by atoms with Crippen molar-refractivity contribution in [2.24, 2.45) is 17.8 Å². The van der Waals surface area contributed by atoms with Crippen molar-refractivity contribution in [3.8, 4) is 5.75 Å². The molecule has 2 aromatic carbocycles. The van der Waals surface area contributed by atoms with E-state index in [1.54, 1.807) is 12.1 Å². The lowest BCUT2D eigenvalue weighted by atomic mass is 9.82. The van der Waals surface area contributed by atoms with Gasteiger partial charge in [0.15, 0.2) is 0 Å². The smallest absolute Gasteiger partial charge is 0.316 e. The first-order chi connectivity index (χ1) is 17.2. The Bertz CT molecular complexity index is 1300. The van der Waals surface area contributed by atoms with Crippen LogP contribution in [0.5, 0.6) is 5.75 Å². The first kappa shape index (κ1) is 23.4. The Morgan fingerprint density at radius 3 is 2.25 bits per heavy atom. The predicted octanol–water partition coefficient (Wildman–Crippen LogP) is 3.40. The molecule has 3 amide bonds. The van der Waals surface area contributed by atoms with Crippen LogP contribution < -0.4 is 14.5 Å². The number of imide groups is 1. The number of hydrogen-bond donors (Lipinski definition) is 0. The highest BCUT2D eigenvalue weighted by atomic mass is 16.6.